The first-order chi connectivity index (χ1) is 11.6. The number of carbonyl (C=O) groups is 2. The van der Waals surface area contributed by atoms with Crippen LogP contribution in [0.5, 0.6) is 0 Å². The standard InChI is InChI=1S/C18H22N4O2/c19-18(24)20-13-5-4-8-17(23)22-16-11-9-15(10-12-16)21-14-6-2-1-3-7-14/h1-3,6-7,9-12,21H,4-5,8,13H2,(H,22,23)(H3,19,20,24). The highest BCUT2D eigenvalue weighted by atomic mass is 16.2. The average Bonchev–Trinajstić information content (AvgIpc) is 2.57. The molecule has 0 unspecified atom stereocenters. The SMILES string of the molecule is NC(=O)NCCCCC(=O)Nc1ccc(Nc2ccccc2)cc1. The molecule has 0 saturated heterocycles. The number of unbranched alkanes of at least 4 members (excludes halogenated alkanes) is 1. The van der Waals surface area contributed by atoms with E-state index in [1.54, 1.807) is 0 Å². The van der Waals surface area contributed by atoms with Crippen molar-refractivity contribution < 1.29 is 9.59 Å². The second-order valence-corrected chi connectivity index (χ2v) is 5.36. The highest BCUT2D eigenvalue weighted by molar-refractivity contribution is 5.90. The molecule has 0 spiro atoms. The molecule has 2 aromatic carbocycles. The first kappa shape index (κ1) is 17.3. The van der Waals surface area contributed by atoms with Crippen molar-refractivity contribution in [3.05, 3.63) is 54.6 Å². The van der Waals surface area contributed by atoms with Crippen LogP contribution in [0.4, 0.5) is 21.9 Å². The van der Waals surface area contributed by atoms with Gasteiger partial charge in [0, 0.05) is 30.0 Å². The van der Waals surface area contributed by atoms with Gasteiger partial charge in [0.25, 0.3) is 0 Å². The molecule has 5 N–H and O–H groups in total. The van der Waals surface area contributed by atoms with Crippen LogP contribution >= 0.6 is 0 Å². The molecule has 0 bridgehead atoms. The van der Waals surface area contributed by atoms with Crippen LogP contribution in [0, 0.1) is 0 Å². The summed E-state index contributed by atoms with van der Waals surface area (Å²) in [7, 11) is 0. The van der Waals surface area contributed by atoms with Crippen LogP contribution in [0.25, 0.3) is 0 Å². The van der Waals surface area contributed by atoms with Gasteiger partial charge in [-0.3, -0.25) is 4.79 Å². The molecule has 2 aromatic rings. The Morgan fingerprint density at radius 1 is 0.833 bits per heavy atom. The van der Waals surface area contributed by atoms with Crippen molar-refractivity contribution in [2.45, 2.75) is 19.3 Å². The van der Waals surface area contributed by atoms with Gasteiger partial charge < -0.3 is 21.7 Å². The molecule has 6 heteroatoms. The lowest BCUT2D eigenvalue weighted by Gasteiger charge is -2.09. The summed E-state index contributed by atoms with van der Waals surface area (Å²) in [4.78, 5) is 22.4. The minimum absolute atomic E-state index is 0.0437. The fourth-order valence-electron chi connectivity index (χ4n) is 2.17. The monoisotopic (exact) mass is 326 g/mol. The molecule has 2 rings (SSSR count). The van der Waals surface area contributed by atoms with Gasteiger partial charge in [-0.15, -0.1) is 0 Å². The third-order valence-electron chi connectivity index (χ3n) is 3.36. The molecule has 24 heavy (non-hydrogen) atoms. The largest absolute Gasteiger partial charge is 0.356 e. The Morgan fingerprint density at radius 2 is 1.46 bits per heavy atom. The maximum absolute atomic E-state index is 11.8. The fourth-order valence-corrected chi connectivity index (χ4v) is 2.17. The second-order valence-electron chi connectivity index (χ2n) is 5.36. The first-order valence-corrected chi connectivity index (χ1v) is 7.89. The van der Waals surface area contributed by atoms with E-state index in [1.807, 2.05) is 54.6 Å². The molecule has 0 saturated carbocycles. The van der Waals surface area contributed by atoms with Gasteiger partial charge in [-0.25, -0.2) is 4.79 Å². The van der Waals surface area contributed by atoms with E-state index in [9.17, 15) is 9.59 Å². The van der Waals surface area contributed by atoms with Gasteiger partial charge in [-0.1, -0.05) is 18.2 Å². The van der Waals surface area contributed by atoms with Crippen LogP contribution in [0.15, 0.2) is 54.6 Å². The van der Waals surface area contributed by atoms with E-state index in [-0.39, 0.29) is 5.91 Å². The lowest BCUT2D eigenvalue weighted by Crippen LogP contribution is -2.30. The molecule has 0 aromatic heterocycles. The third-order valence-corrected chi connectivity index (χ3v) is 3.36. The van der Waals surface area contributed by atoms with Crippen molar-refractivity contribution in [2.75, 3.05) is 17.2 Å². The van der Waals surface area contributed by atoms with Crippen molar-refractivity contribution in [3.8, 4) is 0 Å². The minimum Gasteiger partial charge on any atom is -0.356 e. The van der Waals surface area contributed by atoms with E-state index in [4.69, 9.17) is 5.73 Å². The zero-order valence-corrected chi connectivity index (χ0v) is 13.4. The summed E-state index contributed by atoms with van der Waals surface area (Å²) in [5.74, 6) is -0.0437. The van der Waals surface area contributed by atoms with Crippen LogP contribution < -0.4 is 21.7 Å². The van der Waals surface area contributed by atoms with E-state index < -0.39 is 6.03 Å². The molecule has 3 amide bonds. The summed E-state index contributed by atoms with van der Waals surface area (Å²) in [6, 6.07) is 16.9. The van der Waals surface area contributed by atoms with E-state index >= 15 is 0 Å². The molecular weight excluding hydrogens is 304 g/mol. The highest BCUT2D eigenvalue weighted by Gasteiger charge is 2.03. The molecule has 0 radical (unpaired) electrons. The Hall–Kier alpha value is -3.02. The number of anilines is 3. The number of nitrogens with two attached hydrogens (primary N) is 1. The van der Waals surface area contributed by atoms with Crippen molar-refractivity contribution in [2.24, 2.45) is 5.73 Å². The first-order valence-electron chi connectivity index (χ1n) is 7.89. The molecule has 0 aliphatic carbocycles. The molecular formula is C18H22N4O2. The number of benzene rings is 2. The number of amides is 3. The minimum atomic E-state index is -0.538. The number of primary amides is 1. The van der Waals surface area contributed by atoms with Crippen LogP contribution in [-0.4, -0.2) is 18.5 Å². The van der Waals surface area contributed by atoms with E-state index in [0.717, 1.165) is 23.5 Å². The van der Waals surface area contributed by atoms with Gasteiger partial charge in [-0.05, 0) is 49.2 Å². The molecule has 0 fully saturated rings. The highest BCUT2D eigenvalue weighted by Crippen LogP contribution is 2.18. The Morgan fingerprint density at radius 3 is 2.12 bits per heavy atom. The Kier molecular flexibility index (Phi) is 6.64. The average molecular weight is 326 g/mol. The van der Waals surface area contributed by atoms with Gasteiger partial charge >= 0.3 is 6.03 Å². The number of hydrogen-bond acceptors (Lipinski definition) is 3. The van der Waals surface area contributed by atoms with Crippen LogP contribution in [-0.2, 0) is 4.79 Å². The quantitative estimate of drug-likeness (QED) is 0.561. The van der Waals surface area contributed by atoms with Gasteiger partial charge in [0.1, 0.15) is 0 Å². The van der Waals surface area contributed by atoms with Crippen molar-refractivity contribution in [1.29, 1.82) is 0 Å². The molecule has 0 aliphatic heterocycles. The van der Waals surface area contributed by atoms with Gasteiger partial charge in [0.15, 0.2) is 0 Å². The summed E-state index contributed by atoms with van der Waals surface area (Å²) in [6.45, 7) is 0.489. The van der Waals surface area contributed by atoms with Crippen molar-refractivity contribution in [3.63, 3.8) is 0 Å². The molecule has 0 atom stereocenters. The van der Waals surface area contributed by atoms with Crippen LogP contribution in [0.2, 0.25) is 0 Å². The van der Waals surface area contributed by atoms with Gasteiger partial charge in [0.05, 0.1) is 0 Å². The summed E-state index contributed by atoms with van der Waals surface area (Å²) in [5, 5.41) is 8.63. The van der Waals surface area contributed by atoms with Gasteiger partial charge in [-0.2, -0.15) is 0 Å². The van der Waals surface area contributed by atoms with E-state index in [0.29, 0.717) is 19.4 Å². The number of para-hydroxylation sites is 1. The van der Waals surface area contributed by atoms with E-state index in [1.165, 1.54) is 0 Å². The number of nitrogens with one attached hydrogen (secondary N) is 3. The normalized spacial score (nSPS) is 10.0. The Labute approximate surface area is 141 Å². The lowest BCUT2D eigenvalue weighted by atomic mass is 10.2. The smallest absolute Gasteiger partial charge is 0.312 e. The second kappa shape index (κ2) is 9.19. The zero-order valence-electron chi connectivity index (χ0n) is 13.4. The number of hydrogen-bond donors (Lipinski definition) is 4. The van der Waals surface area contributed by atoms with Crippen LogP contribution in [0.1, 0.15) is 19.3 Å². The van der Waals surface area contributed by atoms with Crippen molar-refractivity contribution in [1.82, 2.24) is 5.32 Å². The maximum Gasteiger partial charge on any atom is 0.312 e. The summed E-state index contributed by atoms with van der Waals surface area (Å²) >= 11 is 0. The summed E-state index contributed by atoms with van der Waals surface area (Å²) < 4.78 is 0. The molecule has 126 valence electrons. The number of urea groups is 1. The third kappa shape index (κ3) is 6.39. The lowest BCUT2D eigenvalue weighted by molar-refractivity contribution is -0.116. The predicted molar refractivity (Wildman–Crippen MR) is 96.2 cm³/mol. The Bertz CT molecular complexity index is 656. The van der Waals surface area contributed by atoms with Crippen LogP contribution in [0.3, 0.4) is 0 Å². The molecule has 6 nitrogen and oxygen atoms in total. The number of carbonyl (C=O) groups excluding carboxylic acids is 2. The topological polar surface area (TPSA) is 96.2 Å². The Balaban J connectivity index is 1.73. The van der Waals surface area contributed by atoms with Crippen molar-refractivity contribution >= 4 is 29.0 Å². The summed E-state index contributed by atoms with van der Waals surface area (Å²) in [6.07, 6.45) is 1.82. The predicted octanol–water partition coefficient (Wildman–Crippen LogP) is 3.21. The van der Waals surface area contributed by atoms with E-state index in [2.05, 4.69) is 16.0 Å². The molecule has 0 aliphatic rings. The maximum atomic E-state index is 11.8. The molecule has 0 heterocycles. The fraction of sp³-hybridized carbons (Fsp3) is 0.222. The summed E-state index contributed by atoms with van der Waals surface area (Å²) in [5.41, 5.74) is 7.69. The number of rotatable bonds is 8. The zero-order chi connectivity index (χ0) is 17.2. The van der Waals surface area contributed by atoms with Gasteiger partial charge in [0.2, 0.25) is 5.91 Å².